The third-order valence-electron chi connectivity index (χ3n) is 3.20. The van der Waals surface area contributed by atoms with Gasteiger partial charge in [0.05, 0.1) is 21.4 Å². The monoisotopic (exact) mass is 390 g/mol. The molecule has 1 N–H and O–H groups in total. The van der Waals surface area contributed by atoms with E-state index in [1.54, 1.807) is 6.07 Å². The zero-order chi connectivity index (χ0) is 18.7. The van der Waals surface area contributed by atoms with Crippen LogP contribution in [0.4, 0.5) is 24.5 Å². The van der Waals surface area contributed by atoms with Crippen molar-refractivity contribution in [3.8, 4) is 0 Å². The first kappa shape index (κ1) is 19.1. The summed E-state index contributed by atoms with van der Waals surface area (Å²) in [7, 11) is 0. The van der Waals surface area contributed by atoms with E-state index in [1.807, 2.05) is 0 Å². The number of hydrogen-bond acceptors (Lipinski definition) is 2. The molecular weight excluding hydrogens is 380 g/mol. The van der Waals surface area contributed by atoms with Crippen molar-refractivity contribution in [1.29, 1.82) is 0 Å². The van der Waals surface area contributed by atoms with E-state index < -0.39 is 41.5 Å². The van der Waals surface area contributed by atoms with E-state index in [-0.39, 0.29) is 15.7 Å². The van der Waals surface area contributed by atoms with Crippen LogP contribution < -0.4 is 10.2 Å². The third kappa shape index (κ3) is 4.24. The second kappa shape index (κ2) is 7.76. The molecule has 0 saturated heterocycles. The molecule has 9 heteroatoms. The smallest absolute Gasteiger partial charge is 0.244 e. The van der Waals surface area contributed by atoms with Crippen LogP contribution in [0.15, 0.2) is 30.3 Å². The summed E-state index contributed by atoms with van der Waals surface area (Å²) < 4.78 is 39.7. The Morgan fingerprint density at radius 3 is 2.20 bits per heavy atom. The normalized spacial score (nSPS) is 10.5. The molecule has 0 radical (unpaired) electrons. The highest BCUT2D eigenvalue weighted by atomic mass is 35.5. The highest BCUT2D eigenvalue weighted by Crippen LogP contribution is 2.33. The van der Waals surface area contributed by atoms with Gasteiger partial charge in [0.2, 0.25) is 11.8 Å². The van der Waals surface area contributed by atoms with Crippen LogP contribution in [0.3, 0.4) is 0 Å². The Balaban J connectivity index is 2.25. The van der Waals surface area contributed by atoms with Gasteiger partial charge in [0.15, 0.2) is 17.5 Å². The SMILES string of the molecule is CC(=O)N(CC(=O)Nc1ccc(F)c(F)c1F)c1c(Cl)cccc1Cl. The van der Waals surface area contributed by atoms with Gasteiger partial charge in [0.1, 0.15) is 6.54 Å². The van der Waals surface area contributed by atoms with Crippen LogP contribution >= 0.6 is 23.2 Å². The van der Waals surface area contributed by atoms with E-state index >= 15 is 0 Å². The van der Waals surface area contributed by atoms with Crippen LogP contribution in [0.25, 0.3) is 0 Å². The molecule has 0 aromatic heterocycles. The fourth-order valence-electron chi connectivity index (χ4n) is 2.05. The highest BCUT2D eigenvalue weighted by molar-refractivity contribution is 6.40. The van der Waals surface area contributed by atoms with Gasteiger partial charge < -0.3 is 10.2 Å². The molecule has 0 spiro atoms. The van der Waals surface area contributed by atoms with Gasteiger partial charge in [0.25, 0.3) is 0 Å². The average Bonchev–Trinajstić information content (AvgIpc) is 2.54. The maximum atomic E-state index is 13.6. The highest BCUT2D eigenvalue weighted by Gasteiger charge is 2.22. The second-order valence-electron chi connectivity index (χ2n) is 4.95. The Morgan fingerprint density at radius 2 is 1.64 bits per heavy atom. The van der Waals surface area contributed by atoms with Gasteiger partial charge in [-0.05, 0) is 24.3 Å². The molecule has 132 valence electrons. The van der Waals surface area contributed by atoms with Crippen LogP contribution in [0, 0.1) is 17.5 Å². The summed E-state index contributed by atoms with van der Waals surface area (Å²) in [4.78, 5) is 24.9. The Morgan fingerprint density at radius 1 is 1.04 bits per heavy atom. The summed E-state index contributed by atoms with van der Waals surface area (Å²) in [5.41, 5.74) is -0.447. The number of anilines is 2. The fraction of sp³-hybridized carbons (Fsp3) is 0.125. The van der Waals surface area contributed by atoms with Crippen LogP contribution in [0.1, 0.15) is 6.92 Å². The van der Waals surface area contributed by atoms with Crippen molar-refractivity contribution in [2.75, 3.05) is 16.8 Å². The van der Waals surface area contributed by atoms with Crippen molar-refractivity contribution < 1.29 is 22.8 Å². The van der Waals surface area contributed by atoms with E-state index in [9.17, 15) is 22.8 Å². The van der Waals surface area contributed by atoms with Crippen molar-refractivity contribution >= 4 is 46.4 Å². The number of hydrogen-bond donors (Lipinski definition) is 1. The van der Waals surface area contributed by atoms with Crippen LogP contribution in [0.2, 0.25) is 10.0 Å². The lowest BCUT2D eigenvalue weighted by Gasteiger charge is -2.23. The maximum Gasteiger partial charge on any atom is 0.244 e. The lowest BCUT2D eigenvalue weighted by atomic mass is 10.2. The maximum absolute atomic E-state index is 13.6. The summed E-state index contributed by atoms with van der Waals surface area (Å²) in [5, 5.41) is 2.34. The van der Waals surface area contributed by atoms with Gasteiger partial charge in [-0.2, -0.15) is 0 Å². The summed E-state index contributed by atoms with van der Waals surface area (Å²) in [6, 6.07) is 6.05. The van der Waals surface area contributed by atoms with Gasteiger partial charge in [-0.25, -0.2) is 13.2 Å². The predicted molar refractivity (Wildman–Crippen MR) is 89.4 cm³/mol. The molecule has 0 saturated carbocycles. The molecule has 2 rings (SSSR count). The minimum absolute atomic E-state index is 0.110. The van der Waals surface area contributed by atoms with E-state index in [1.165, 1.54) is 19.1 Å². The van der Waals surface area contributed by atoms with Crippen molar-refractivity contribution in [2.24, 2.45) is 0 Å². The van der Waals surface area contributed by atoms with Gasteiger partial charge >= 0.3 is 0 Å². The number of nitrogens with zero attached hydrogens (tertiary/aromatic N) is 1. The first-order valence-electron chi connectivity index (χ1n) is 6.87. The minimum Gasteiger partial charge on any atom is -0.322 e. The van der Waals surface area contributed by atoms with Gasteiger partial charge in [-0.3, -0.25) is 9.59 Å². The van der Waals surface area contributed by atoms with E-state index in [0.717, 1.165) is 11.0 Å². The minimum atomic E-state index is -1.71. The molecule has 2 aromatic carbocycles. The average molecular weight is 391 g/mol. The summed E-state index contributed by atoms with van der Waals surface area (Å²) in [5.74, 6) is -6.04. The Bertz CT molecular complexity index is 826. The van der Waals surface area contributed by atoms with Gasteiger partial charge in [-0.1, -0.05) is 29.3 Å². The number of benzene rings is 2. The first-order valence-corrected chi connectivity index (χ1v) is 7.63. The van der Waals surface area contributed by atoms with Crippen LogP contribution in [-0.4, -0.2) is 18.4 Å². The Kier molecular flexibility index (Phi) is 5.92. The predicted octanol–water partition coefficient (Wildman–Crippen LogP) is 4.40. The van der Waals surface area contributed by atoms with E-state index in [0.29, 0.717) is 6.07 Å². The summed E-state index contributed by atoms with van der Waals surface area (Å²) >= 11 is 12.0. The molecule has 0 aliphatic carbocycles. The van der Waals surface area contributed by atoms with Gasteiger partial charge in [0, 0.05) is 6.92 Å². The number of carbonyl (C=O) groups is 2. The fourth-order valence-corrected chi connectivity index (χ4v) is 2.65. The van der Waals surface area contributed by atoms with Crippen molar-refractivity contribution in [3.63, 3.8) is 0 Å². The van der Waals surface area contributed by atoms with Crippen molar-refractivity contribution in [3.05, 3.63) is 57.8 Å². The second-order valence-corrected chi connectivity index (χ2v) is 5.76. The van der Waals surface area contributed by atoms with Crippen molar-refractivity contribution in [1.82, 2.24) is 0 Å². The molecule has 0 bridgehead atoms. The summed E-state index contributed by atoms with van der Waals surface area (Å²) in [6.45, 7) is 0.627. The molecule has 0 fully saturated rings. The quantitative estimate of drug-likeness (QED) is 0.786. The molecular formula is C16H11Cl2F3N2O2. The van der Waals surface area contributed by atoms with E-state index in [2.05, 4.69) is 5.32 Å². The molecule has 0 atom stereocenters. The van der Waals surface area contributed by atoms with Crippen LogP contribution in [0.5, 0.6) is 0 Å². The lowest BCUT2D eigenvalue weighted by Crippen LogP contribution is -2.37. The molecule has 25 heavy (non-hydrogen) atoms. The van der Waals surface area contributed by atoms with Gasteiger partial charge in [-0.15, -0.1) is 0 Å². The summed E-state index contributed by atoms with van der Waals surface area (Å²) in [6.07, 6.45) is 0. The number of halogens is 5. The molecule has 0 unspecified atom stereocenters. The molecule has 0 aliphatic heterocycles. The first-order chi connectivity index (χ1) is 11.7. The number of rotatable bonds is 4. The molecule has 0 heterocycles. The van der Waals surface area contributed by atoms with Crippen molar-refractivity contribution in [2.45, 2.75) is 6.92 Å². The molecule has 2 aromatic rings. The Labute approximate surface area is 151 Å². The molecule has 2 amide bonds. The van der Waals surface area contributed by atoms with Crippen LogP contribution in [-0.2, 0) is 9.59 Å². The zero-order valence-corrected chi connectivity index (χ0v) is 14.3. The van der Waals surface area contributed by atoms with E-state index in [4.69, 9.17) is 23.2 Å². The largest absolute Gasteiger partial charge is 0.322 e. The topological polar surface area (TPSA) is 49.4 Å². The number of amides is 2. The zero-order valence-electron chi connectivity index (χ0n) is 12.7. The third-order valence-corrected chi connectivity index (χ3v) is 3.81. The standard InChI is InChI=1S/C16H11Cl2F3N2O2/c1-8(24)23(16-9(17)3-2-4-10(16)18)7-13(25)22-12-6-5-11(19)14(20)15(12)21/h2-6H,7H2,1H3,(H,22,25). The number of nitrogens with one attached hydrogen (secondary N) is 1. The molecule has 4 nitrogen and oxygen atoms in total. The number of para-hydroxylation sites is 1. The Hall–Kier alpha value is -2.25. The number of carbonyl (C=O) groups excluding carboxylic acids is 2. The lowest BCUT2D eigenvalue weighted by molar-refractivity contribution is -0.120. The molecule has 0 aliphatic rings.